The van der Waals surface area contributed by atoms with E-state index >= 15 is 0 Å². The maximum absolute atomic E-state index is 11.0. The fourth-order valence-electron chi connectivity index (χ4n) is 1.17. The van der Waals surface area contributed by atoms with Crippen molar-refractivity contribution in [2.75, 3.05) is 30.5 Å². The molecule has 17 heavy (non-hydrogen) atoms. The molecule has 0 aliphatic rings. The third-order valence-corrected chi connectivity index (χ3v) is 3.38. The number of thiocarbonyl (C=S) groups is 1. The third kappa shape index (κ3) is 4.66. The molecule has 0 aromatic carbocycles. The summed E-state index contributed by atoms with van der Waals surface area (Å²) in [6.45, 7) is 0.401. The van der Waals surface area contributed by atoms with Crippen LogP contribution in [0.4, 0.5) is 5.82 Å². The van der Waals surface area contributed by atoms with Gasteiger partial charge in [0.05, 0.1) is 5.75 Å². The summed E-state index contributed by atoms with van der Waals surface area (Å²) >= 11 is 4.82. The molecule has 0 atom stereocenters. The lowest BCUT2D eigenvalue weighted by atomic mass is 10.3. The highest BCUT2D eigenvalue weighted by atomic mass is 32.2. The summed E-state index contributed by atoms with van der Waals surface area (Å²) in [6.07, 6.45) is 2.79. The van der Waals surface area contributed by atoms with Crippen molar-refractivity contribution in [1.82, 2.24) is 4.98 Å². The Balaban J connectivity index is 2.70. The molecule has 0 radical (unpaired) electrons. The summed E-state index contributed by atoms with van der Waals surface area (Å²) in [6, 6.07) is 3.53. The maximum atomic E-state index is 11.0. The average Bonchev–Trinajstić information content (AvgIpc) is 2.25. The van der Waals surface area contributed by atoms with Crippen LogP contribution in [0.1, 0.15) is 5.56 Å². The molecule has 7 heteroatoms. The van der Waals surface area contributed by atoms with E-state index in [1.54, 1.807) is 30.3 Å². The molecule has 0 aliphatic heterocycles. The molecule has 0 bridgehead atoms. The van der Waals surface area contributed by atoms with Crippen LogP contribution in [0.15, 0.2) is 18.3 Å². The Labute approximate surface area is 107 Å². The van der Waals surface area contributed by atoms with Gasteiger partial charge in [-0.2, -0.15) is 0 Å². The quantitative estimate of drug-likeness (QED) is 0.772. The van der Waals surface area contributed by atoms with Crippen LogP contribution in [0.5, 0.6) is 0 Å². The molecule has 0 amide bonds. The zero-order valence-corrected chi connectivity index (χ0v) is 11.4. The van der Waals surface area contributed by atoms with Gasteiger partial charge in [0.15, 0.2) is 0 Å². The highest BCUT2D eigenvalue weighted by Gasteiger charge is 2.07. The Morgan fingerprint density at radius 2 is 2.18 bits per heavy atom. The predicted octanol–water partition coefficient (Wildman–Crippen LogP) is 0.197. The summed E-state index contributed by atoms with van der Waals surface area (Å²) in [7, 11) is -1.17. The maximum Gasteiger partial charge on any atom is 0.149 e. The molecule has 1 aromatic heterocycles. The minimum absolute atomic E-state index is 0.0994. The first-order chi connectivity index (χ1) is 7.79. The standard InChI is InChI=1S/C10H15N3O2S2/c1-13(5-6-17(2,14)15)9-4-3-8(7-12-9)10(11)16/h3-4,7H,5-6H2,1-2H3,(H2,11,16). The normalized spacial score (nSPS) is 11.2. The first kappa shape index (κ1) is 13.9. The molecule has 0 aliphatic carbocycles. The van der Waals surface area contributed by atoms with E-state index in [4.69, 9.17) is 18.0 Å². The number of aromatic nitrogens is 1. The van der Waals surface area contributed by atoms with Crippen LogP contribution in [-0.2, 0) is 9.84 Å². The van der Waals surface area contributed by atoms with Gasteiger partial charge in [0, 0.05) is 31.6 Å². The topological polar surface area (TPSA) is 76.3 Å². The number of pyridine rings is 1. The van der Waals surface area contributed by atoms with Crippen LogP contribution in [0.25, 0.3) is 0 Å². The van der Waals surface area contributed by atoms with Crippen molar-refractivity contribution in [3.05, 3.63) is 23.9 Å². The van der Waals surface area contributed by atoms with E-state index < -0.39 is 9.84 Å². The van der Waals surface area contributed by atoms with Gasteiger partial charge in [-0.15, -0.1) is 0 Å². The van der Waals surface area contributed by atoms with Crippen molar-refractivity contribution >= 4 is 32.9 Å². The van der Waals surface area contributed by atoms with Gasteiger partial charge < -0.3 is 10.6 Å². The highest BCUT2D eigenvalue weighted by Crippen LogP contribution is 2.09. The van der Waals surface area contributed by atoms with Crippen molar-refractivity contribution in [3.63, 3.8) is 0 Å². The van der Waals surface area contributed by atoms with Gasteiger partial charge in [-0.05, 0) is 12.1 Å². The highest BCUT2D eigenvalue weighted by molar-refractivity contribution is 7.90. The molecule has 0 spiro atoms. The predicted molar refractivity (Wildman–Crippen MR) is 73.1 cm³/mol. The number of nitrogens with two attached hydrogens (primary N) is 1. The first-order valence-corrected chi connectivity index (χ1v) is 7.41. The fourth-order valence-corrected chi connectivity index (χ4v) is 1.90. The summed E-state index contributed by atoms with van der Waals surface area (Å²) in [5, 5.41) is 0. The summed E-state index contributed by atoms with van der Waals surface area (Å²) < 4.78 is 22.1. The Hall–Kier alpha value is -1.21. The van der Waals surface area contributed by atoms with Gasteiger partial charge in [0.2, 0.25) is 0 Å². The van der Waals surface area contributed by atoms with E-state index in [-0.39, 0.29) is 5.75 Å². The second-order valence-electron chi connectivity index (χ2n) is 3.82. The molecule has 1 rings (SSSR count). The minimum atomic E-state index is -2.96. The number of anilines is 1. The zero-order chi connectivity index (χ0) is 13.1. The minimum Gasteiger partial charge on any atom is -0.389 e. The van der Waals surface area contributed by atoms with Gasteiger partial charge in [-0.25, -0.2) is 13.4 Å². The monoisotopic (exact) mass is 273 g/mol. The fraction of sp³-hybridized carbons (Fsp3) is 0.400. The summed E-state index contributed by atoms with van der Waals surface area (Å²) in [4.78, 5) is 6.23. The molecular weight excluding hydrogens is 258 g/mol. The van der Waals surface area contributed by atoms with Crippen LogP contribution in [0, 0.1) is 0 Å². The van der Waals surface area contributed by atoms with Crippen molar-refractivity contribution in [2.45, 2.75) is 0 Å². The number of nitrogens with zero attached hydrogens (tertiary/aromatic N) is 2. The number of hydrogen-bond donors (Lipinski definition) is 1. The van der Waals surface area contributed by atoms with Gasteiger partial charge >= 0.3 is 0 Å². The molecule has 1 heterocycles. The lowest BCUT2D eigenvalue weighted by molar-refractivity contribution is 0.601. The SMILES string of the molecule is CN(CCS(C)(=O)=O)c1ccc(C(N)=S)cn1. The van der Waals surface area contributed by atoms with E-state index in [9.17, 15) is 8.42 Å². The average molecular weight is 273 g/mol. The van der Waals surface area contributed by atoms with Crippen molar-refractivity contribution in [2.24, 2.45) is 5.73 Å². The molecular formula is C10H15N3O2S2. The van der Waals surface area contributed by atoms with Crippen LogP contribution >= 0.6 is 12.2 Å². The van der Waals surface area contributed by atoms with E-state index in [1.165, 1.54) is 6.26 Å². The molecule has 0 fully saturated rings. The Morgan fingerprint density at radius 3 is 2.59 bits per heavy atom. The second-order valence-corrected chi connectivity index (χ2v) is 6.52. The van der Waals surface area contributed by atoms with Crippen molar-refractivity contribution in [1.29, 1.82) is 0 Å². The van der Waals surface area contributed by atoms with Gasteiger partial charge in [0.25, 0.3) is 0 Å². The summed E-state index contributed by atoms with van der Waals surface area (Å²) in [5.41, 5.74) is 6.15. The van der Waals surface area contributed by atoms with Gasteiger partial charge in [-0.3, -0.25) is 0 Å². The van der Waals surface area contributed by atoms with Crippen LogP contribution in [0.2, 0.25) is 0 Å². The molecule has 1 aromatic rings. The van der Waals surface area contributed by atoms with Crippen LogP contribution in [-0.4, -0.2) is 44.0 Å². The lowest BCUT2D eigenvalue weighted by Gasteiger charge is -2.17. The summed E-state index contributed by atoms with van der Waals surface area (Å²) in [5.74, 6) is 0.788. The molecule has 0 unspecified atom stereocenters. The largest absolute Gasteiger partial charge is 0.389 e. The molecule has 0 saturated carbocycles. The van der Waals surface area contributed by atoms with E-state index in [1.807, 2.05) is 0 Å². The number of rotatable bonds is 5. The molecule has 2 N–H and O–H groups in total. The van der Waals surface area contributed by atoms with E-state index in [2.05, 4.69) is 4.98 Å². The van der Waals surface area contributed by atoms with Crippen LogP contribution < -0.4 is 10.6 Å². The van der Waals surface area contributed by atoms with Crippen LogP contribution in [0.3, 0.4) is 0 Å². The van der Waals surface area contributed by atoms with Crippen molar-refractivity contribution in [3.8, 4) is 0 Å². The lowest BCUT2D eigenvalue weighted by Crippen LogP contribution is -2.25. The Bertz CT molecular complexity index is 497. The molecule has 0 saturated heterocycles. The number of hydrogen-bond acceptors (Lipinski definition) is 5. The first-order valence-electron chi connectivity index (χ1n) is 4.94. The van der Waals surface area contributed by atoms with E-state index in [0.717, 1.165) is 0 Å². The van der Waals surface area contributed by atoms with Gasteiger partial charge in [-0.1, -0.05) is 12.2 Å². The van der Waals surface area contributed by atoms with Gasteiger partial charge in [0.1, 0.15) is 20.6 Å². The zero-order valence-electron chi connectivity index (χ0n) is 9.75. The smallest absolute Gasteiger partial charge is 0.149 e. The second kappa shape index (κ2) is 5.42. The van der Waals surface area contributed by atoms with Crippen molar-refractivity contribution < 1.29 is 8.42 Å². The van der Waals surface area contributed by atoms with E-state index in [0.29, 0.717) is 22.9 Å². The Kier molecular flexibility index (Phi) is 4.41. The molecule has 5 nitrogen and oxygen atoms in total. The number of sulfone groups is 1. The Morgan fingerprint density at radius 1 is 1.53 bits per heavy atom. The molecule has 94 valence electrons. The third-order valence-electron chi connectivity index (χ3n) is 2.22.